The minimum absolute atomic E-state index is 0.160. The Morgan fingerprint density at radius 3 is 2.07 bits per heavy atom. The molecule has 0 aromatic heterocycles. The summed E-state index contributed by atoms with van der Waals surface area (Å²) in [6.45, 7) is 16.3. The largest absolute Gasteiger partial charge is 0.496 e. The van der Waals surface area contributed by atoms with Crippen LogP contribution >= 0.6 is 23.2 Å². The fourth-order valence-corrected chi connectivity index (χ4v) is 6.54. The highest BCUT2D eigenvalue weighted by Gasteiger charge is 2.35. The molecule has 0 aliphatic carbocycles. The number of halogens is 2. The zero-order chi connectivity index (χ0) is 20.8. The van der Waals surface area contributed by atoms with Crippen LogP contribution in [0.2, 0.25) is 28.2 Å². The summed E-state index contributed by atoms with van der Waals surface area (Å²) in [6, 6.07) is 7.18. The van der Waals surface area contributed by atoms with Gasteiger partial charge in [-0.15, -0.1) is 0 Å². The lowest BCUT2D eigenvalue weighted by Gasteiger charge is -2.36. The molecule has 0 heterocycles. The molecule has 156 valence electrons. The molecule has 2 atom stereocenters. The van der Waals surface area contributed by atoms with Gasteiger partial charge in [0.05, 0.1) is 18.2 Å². The third kappa shape index (κ3) is 6.64. The van der Waals surface area contributed by atoms with Gasteiger partial charge in [-0.1, -0.05) is 64.7 Å². The lowest BCUT2D eigenvalue weighted by atomic mass is 9.88. The smallest absolute Gasteiger partial charge is 0.192 e. The van der Waals surface area contributed by atoms with Crippen molar-refractivity contribution in [3.63, 3.8) is 0 Å². The van der Waals surface area contributed by atoms with E-state index in [-0.39, 0.29) is 11.5 Å². The van der Waals surface area contributed by atoms with Crippen LogP contribution in [0.1, 0.15) is 60.1 Å². The molecule has 1 aromatic carbocycles. The molecule has 0 aliphatic heterocycles. The maximum Gasteiger partial charge on any atom is 0.192 e. The Bertz CT molecular complexity index is 592. The van der Waals surface area contributed by atoms with E-state index < -0.39 is 8.32 Å². The van der Waals surface area contributed by atoms with Gasteiger partial charge in [-0.25, -0.2) is 0 Å². The molecule has 1 rings (SSSR count). The van der Waals surface area contributed by atoms with E-state index >= 15 is 0 Å². The van der Waals surface area contributed by atoms with E-state index in [1.54, 1.807) is 13.2 Å². The van der Waals surface area contributed by atoms with Gasteiger partial charge < -0.3 is 14.5 Å². The van der Waals surface area contributed by atoms with Gasteiger partial charge in [-0.05, 0) is 42.6 Å². The van der Waals surface area contributed by atoms with Crippen molar-refractivity contribution in [1.29, 1.82) is 0 Å². The zero-order valence-electron chi connectivity index (χ0n) is 18.2. The average Bonchev–Trinajstić information content (AvgIpc) is 2.61. The summed E-state index contributed by atoms with van der Waals surface area (Å²) >= 11 is 12.8. The minimum atomic E-state index is -1.84. The molecule has 6 heteroatoms. The van der Waals surface area contributed by atoms with Gasteiger partial charge in [0.1, 0.15) is 5.75 Å². The molecule has 0 amide bonds. The summed E-state index contributed by atoms with van der Waals surface area (Å²) < 4.78 is 12.5. The minimum Gasteiger partial charge on any atom is -0.496 e. The topological polar surface area (TPSA) is 30.5 Å². The van der Waals surface area contributed by atoms with E-state index in [1.807, 2.05) is 6.07 Å². The second-order valence-corrected chi connectivity index (χ2v) is 13.9. The Labute approximate surface area is 177 Å². The molecule has 1 aromatic rings. The maximum absolute atomic E-state index is 6.87. The summed E-state index contributed by atoms with van der Waals surface area (Å²) in [4.78, 5) is 0. The van der Waals surface area contributed by atoms with Gasteiger partial charge in [0.2, 0.25) is 0 Å². The van der Waals surface area contributed by atoms with E-state index in [0.29, 0.717) is 28.4 Å². The average molecular weight is 435 g/mol. The first-order chi connectivity index (χ1) is 12.5. The fourth-order valence-electron chi connectivity index (χ4n) is 3.14. The van der Waals surface area contributed by atoms with E-state index in [4.69, 9.17) is 32.4 Å². The quantitative estimate of drug-likeness (QED) is 0.399. The van der Waals surface area contributed by atoms with Crippen LogP contribution < -0.4 is 10.1 Å². The van der Waals surface area contributed by atoms with Crippen molar-refractivity contribution >= 4 is 31.5 Å². The summed E-state index contributed by atoms with van der Waals surface area (Å²) in [5.74, 6) is 0.689. The van der Waals surface area contributed by atoms with E-state index in [0.717, 1.165) is 23.7 Å². The highest BCUT2D eigenvalue weighted by atomic mass is 35.5. The molecule has 0 saturated heterocycles. The number of ether oxygens (including phenoxy) is 1. The number of nitrogens with one attached hydrogen (secondary N) is 1. The lowest BCUT2D eigenvalue weighted by Crippen LogP contribution is -2.44. The molecule has 1 N–H and O–H groups in total. The molecule has 27 heavy (non-hydrogen) atoms. The van der Waals surface area contributed by atoms with Crippen LogP contribution in [0.5, 0.6) is 5.75 Å². The third-order valence-electron chi connectivity index (χ3n) is 5.83. The highest BCUT2D eigenvalue weighted by molar-refractivity contribution is 6.73. The van der Waals surface area contributed by atoms with Crippen molar-refractivity contribution in [3.8, 4) is 5.75 Å². The van der Waals surface area contributed by atoms with Crippen LogP contribution in [-0.2, 0) is 4.43 Å². The summed E-state index contributed by atoms with van der Waals surface area (Å²) in [7, 11) is -0.190. The van der Waals surface area contributed by atoms with Gasteiger partial charge in [0.15, 0.2) is 8.32 Å². The highest BCUT2D eigenvalue weighted by Crippen LogP contribution is 2.40. The first kappa shape index (κ1) is 24.8. The van der Waals surface area contributed by atoms with E-state index in [1.165, 1.54) is 0 Å². The van der Waals surface area contributed by atoms with Crippen LogP contribution in [0.3, 0.4) is 0 Å². The third-order valence-corrected chi connectivity index (χ3v) is 11.0. The van der Waals surface area contributed by atoms with Crippen molar-refractivity contribution in [2.75, 3.05) is 13.7 Å². The Balaban J connectivity index is 3.30. The number of methoxy groups -OCH3 is 1. The second kappa shape index (κ2) is 10.5. The van der Waals surface area contributed by atoms with Gasteiger partial charge in [0, 0.05) is 23.2 Å². The molecule has 0 spiro atoms. The Hall–Kier alpha value is -0.263. The SMILES string of the molecule is CC[Si](CC)(CC)OC(CN[C@@H](C)C(C)(C)C)c1c(Cl)cc(Cl)cc1OC. The Morgan fingerprint density at radius 2 is 1.63 bits per heavy atom. The van der Waals surface area contributed by atoms with Gasteiger partial charge in [0.25, 0.3) is 0 Å². The normalized spacial score (nSPS) is 14.9. The molecule has 0 bridgehead atoms. The molecular weight excluding hydrogens is 397 g/mol. The Kier molecular flexibility index (Phi) is 9.63. The predicted octanol–water partition coefficient (Wildman–Crippen LogP) is 7.09. The molecule has 3 nitrogen and oxygen atoms in total. The van der Waals surface area contributed by atoms with Crippen LogP contribution in [0.4, 0.5) is 0 Å². The molecular formula is C21H37Cl2NO2Si. The van der Waals surface area contributed by atoms with Gasteiger partial charge in [-0.2, -0.15) is 0 Å². The zero-order valence-corrected chi connectivity index (χ0v) is 20.7. The fraction of sp³-hybridized carbons (Fsp3) is 0.714. The second-order valence-electron chi connectivity index (χ2n) is 8.35. The van der Waals surface area contributed by atoms with Gasteiger partial charge in [-0.3, -0.25) is 0 Å². The Morgan fingerprint density at radius 1 is 1.07 bits per heavy atom. The van der Waals surface area contributed by atoms with Crippen LogP contribution in [0.15, 0.2) is 12.1 Å². The van der Waals surface area contributed by atoms with E-state index in [9.17, 15) is 0 Å². The summed E-state index contributed by atoms with van der Waals surface area (Å²) in [5.41, 5.74) is 1.05. The van der Waals surface area contributed by atoms with Crippen LogP contribution in [0.25, 0.3) is 0 Å². The number of benzene rings is 1. The molecule has 0 saturated carbocycles. The maximum atomic E-state index is 6.87. The van der Waals surface area contributed by atoms with Crippen molar-refractivity contribution < 1.29 is 9.16 Å². The lowest BCUT2D eigenvalue weighted by molar-refractivity contribution is 0.165. The first-order valence-electron chi connectivity index (χ1n) is 9.97. The standard InChI is InChI=1S/C21H37Cl2NO2Si/c1-9-27(10-2,11-3)26-19(14-24-15(4)21(5,6)7)20-17(23)12-16(22)13-18(20)25-8/h12-13,15,19,24H,9-11,14H2,1-8H3/t15-,19?/m0/s1. The number of hydrogen-bond donors (Lipinski definition) is 1. The molecule has 0 radical (unpaired) electrons. The first-order valence-corrected chi connectivity index (χ1v) is 13.3. The van der Waals surface area contributed by atoms with Crippen LogP contribution in [-0.4, -0.2) is 28.0 Å². The van der Waals surface area contributed by atoms with Crippen molar-refractivity contribution in [2.24, 2.45) is 5.41 Å². The number of rotatable bonds is 10. The molecule has 1 unspecified atom stereocenters. The van der Waals surface area contributed by atoms with Crippen LogP contribution in [0, 0.1) is 5.41 Å². The van der Waals surface area contributed by atoms with Crippen molar-refractivity contribution in [2.45, 2.75) is 78.7 Å². The summed E-state index contributed by atoms with van der Waals surface area (Å²) in [5, 5.41) is 4.83. The monoisotopic (exact) mass is 433 g/mol. The van der Waals surface area contributed by atoms with Crippen molar-refractivity contribution in [1.82, 2.24) is 5.32 Å². The van der Waals surface area contributed by atoms with Gasteiger partial charge >= 0.3 is 0 Å². The molecule has 0 aliphatic rings. The molecule has 0 fully saturated rings. The van der Waals surface area contributed by atoms with Crippen molar-refractivity contribution in [3.05, 3.63) is 27.7 Å². The number of hydrogen-bond acceptors (Lipinski definition) is 3. The predicted molar refractivity (Wildman–Crippen MR) is 121 cm³/mol. The van der Waals surface area contributed by atoms with E-state index in [2.05, 4.69) is 53.8 Å². The summed E-state index contributed by atoms with van der Waals surface area (Å²) in [6.07, 6.45) is -0.166.